The molecule has 6 nitrogen and oxygen atoms in total. The highest BCUT2D eigenvalue weighted by molar-refractivity contribution is 7.17. The molecule has 1 N–H and O–H groups in total. The number of aryl methyl sites for hydroxylation is 1. The second-order valence-corrected chi connectivity index (χ2v) is 6.30. The number of ether oxygens (including phenoxy) is 2. The van der Waals surface area contributed by atoms with E-state index in [9.17, 15) is 9.59 Å². The molecule has 0 amide bonds. The van der Waals surface area contributed by atoms with E-state index in [2.05, 4.69) is 4.98 Å². The van der Waals surface area contributed by atoms with Crippen LogP contribution in [-0.2, 0) is 11.3 Å². The summed E-state index contributed by atoms with van der Waals surface area (Å²) in [6, 6.07) is 5.77. The second-order valence-electron chi connectivity index (χ2n) is 5.42. The zero-order chi connectivity index (χ0) is 17.3. The average Bonchev–Trinajstić information content (AvgIpc) is 2.98. The highest BCUT2D eigenvalue weighted by Crippen LogP contribution is 2.32. The third kappa shape index (κ3) is 2.76. The predicted octanol–water partition coefficient (Wildman–Crippen LogP) is 2.38. The van der Waals surface area contributed by atoms with Gasteiger partial charge in [0.1, 0.15) is 10.6 Å². The van der Waals surface area contributed by atoms with Crippen LogP contribution >= 0.6 is 11.3 Å². The monoisotopic (exact) mass is 346 g/mol. The fourth-order valence-corrected chi connectivity index (χ4v) is 3.65. The van der Waals surface area contributed by atoms with Crippen molar-refractivity contribution >= 4 is 21.6 Å². The van der Waals surface area contributed by atoms with Crippen molar-refractivity contribution in [3.63, 3.8) is 0 Å². The van der Waals surface area contributed by atoms with Crippen LogP contribution in [0.15, 0.2) is 33.2 Å². The Hall–Kier alpha value is -2.38. The van der Waals surface area contributed by atoms with E-state index >= 15 is 0 Å². The van der Waals surface area contributed by atoms with Gasteiger partial charge in [0, 0.05) is 18.1 Å². The lowest BCUT2D eigenvalue weighted by molar-refractivity contribution is 0.185. The number of methoxy groups -OCH3 is 2. The highest BCUT2D eigenvalue weighted by atomic mass is 32.1. The van der Waals surface area contributed by atoms with Crippen molar-refractivity contribution in [2.45, 2.75) is 13.5 Å². The van der Waals surface area contributed by atoms with Gasteiger partial charge in [-0.2, -0.15) is 0 Å². The molecule has 0 bridgehead atoms. The van der Waals surface area contributed by atoms with E-state index in [0.29, 0.717) is 16.8 Å². The van der Waals surface area contributed by atoms with Crippen LogP contribution in [0.1, 0.15) is 5.56 Å². The van der Waals surface area contributed by atoms with Gasteiger partial charge >= 0.3 is 5.69 Å². The van der Waals surface area contributed by atoms with E-state index in [4.69, 9.17) is 9.47 Å². The summed E-state index contributed by atoms with van der Waals surface area (Å²) in [5, 5.41) is 2.42. The number of benzene rings is 1. The Morgan fingerprint density at radius 3 is 2.71 bits per heavy atom. The minimum atomic E-state index is -0.413. The van der Waals surface area contributed by atoms with Crippen molar-refractivity contribution in [2.24, 2.45) is 0 Å². The number of rotatable bonds is 5. The maximum atomic E-state index is 12.8. The number of hydrogen-bond acceptors (Lipinski definition) is 5. The van der Waals surface area contributed by atoms with Gasteiger partial charge in [-0.15, -0.1) is 11.3 Å². The lowest BCUT2D eigenvalue weighted by atomic mass is 10.0. The molecule has 0 aliphatic heterocycles. The van der Waals surface area contributed by atoms with E-state index in [0.717, 1.165) is 22.4 Å². The van der Waals surface area contributed by atoms with Gasteiger partial charge in [0.2, 0.25) is 0 Å². The number of thiophene rings is 1. The van der Waals surface area contributed by atoms with Crippen molar-refractivity contribution < 1.29 is 9.47 Å². The minimum Gasteiger partial charge on any atom is -0.496 e. The molecule has 3 aromatic rings. The first-order valence-electron chi connectivity index (χ1n) is 7.45. The first-order chi connectivity index (χ1) is 11.6. The molecular weight excluding hydrogens is 328 g/mol. The van der Waals surface area contributed by atoms with E-state index in [1.807, 2.05) is 30.5 Å². The lowest BCUT2D eigenvalue weighted by Crippen LogP contribution is -2.35. The first-order valence-corrected chi connectivity index (χ1v) is 8.33. The summed E-state index contributed by atoms with van der Waals surface area (Å²) in [7, 11) is 3.16. The van der Waals surface area contributed by atoms with Crippen molar-refractivity contribution in [1.29, 1.82) is 0 Å². The Kier molecular flexibility index (Phi) is 4.55. The number of H-pyrrole nitrogens is 1. The van der Waals surface area contributed by atoms with Crippen molar-refractivity contribution in [3.8, 4) is 16.9 Å². The SMILES string of the molecule is COCCn1c(=O)[nH]c2scc(-c3ccc(OC)c(C)c3)c2c1=O. The van der Waals surface area contributed by atoms with Crippen LogP contribution in [0.4, 0.5) is 0 Å². The molecule has 0 aliphatic carbocycles. The molecule has 2 aromatic heterocycles. The van der Waals surface area contributed by atoms with E-state index in [1.54, 1.807) is 7.11 Å². The van der Waals surface area contributed by atoms with Gasteiger partial charge in [-0.1, -0.05) is 6.07 Å². The summed E-state index contributed by atoms with van der Waals surface area (Å²) in [5.41, 5.74) is 2.01. The van der Waals surface area contributed by atoms with Gasteiger partial charge in [0.25, 0.3) is 5.56 Å². The van der Waals surface area contributed by atoms with Crippen LogP contribution < -0.4 is 16.0 Å². The molecule has 7 heteroatoms. The second kappa shape index (κ2) is 6.62. The Balaban J connectivity index is 2.21. The Labute approximate surface area is 142 Å². The Morgan fingerprint density at radius 1 is 1.25 bits per heavy atom. The molecular formula is C17H18N2O4S. The Bertz CT molecular complexity index is 1000. The number of aromatic amines is 1. The van der Waals surface area contributed by atoms with Crippen LogP contribution in [0, 0.1) is 6.92 Å². The van der Waals surface area contributed by atoms with Gasteiger partial charge in [-0.05, 0) is 30.2 Å². The van der Waals surface area contributed by atoms with Crippen molar-refractivity contribution in [3.05, 3.63) is 50.0 Å². The summed E-state index contributed by atoms with van der Waals surface area (Å²) >= 11 is 1.35. The number of nitrogens with one attached hydrogen (secondary N) is 1. The fourth-order valence-electron chi connectivity index (χ4n) is 2.70. The van der Waals surface area contributed by atoms with Crippen LogP contribution in [0.3, 0.4) is 0 Å². The number of hydrogen-bond donors (Lipinski definition) is 1. The molecule has 0 atom stereocenters. The largest absolute Gasteiger partial charge is 0.496 e. The smallest absolute Gasteiger partial charge is 0.329 e. The predicted molar refractivity (Wildman–Crippen MR) is 95.3 cm³/mol. The van der Waals surface area contributed by atoms with Crippen molar-refractivity contribution in [2.75, 3.05) is 20.8 Å². The molecule has 0 fully saturated rings. The van der Waals surface area contributed by atoms with Gasteiger partial charge in [0.15, 0.2) is 0 Å². The zero-order valence-electron chi connectivity index (χ0n) is 13.7. The number of aromatic nitrogens is 2. The number of fused-ring (bicyclic) bond motifs is 1. The summed E-state index contributed by atoms with van der Waals surface area (Å²) in [5.74, 6) is 0.796. The van der Waals surface area contributed by atoms with Gasteiger partial charge in [-0.25, -0.2) is 4.79 Å². The first kappa shape index (κ1) is 16.5. The average molecular weight is 346 g/mol. The van der Waals surface area contributed by atoms with E-state index < -0.39 is 5.69 Å². The fraction of sp³-hybridized carbons (Fsp3) is 0.294. The summed E-state index contributed by atoms with van der Waals surface area (Å²) in [6.07, 6.45) is 0. The molecule has 2 heterocycles. The molecule has 0 unspecified atom stereocenters. The highest BCUT2D eigenvalue weighted by Gasteiger charge is 2.15. The minimum absolute atomic E-state index is 0.220. The van der Waals surface area contributed by atoms with Gasteiger partial charge < -0.3 is 9.47 Å². The lowest BCUT2D eigenvalue weighted by Gasteiger charge is -2.08. The quantitative estimate of drug-likeness (QED) is 0.770. The third-order valence-corrected chi connectivity index (χ3v) is 4.84. The van der Waals surface area contributed by atoms with Crippen LogP contribution in [0.2, 0.25) is 0 Å². The molecule has 0 aliphatic rings. The third-order valence-electron chi connectivity index (χ3n) is 3.94. The van der Waals surface area contributed by atoms with E-state index in [-0.39, 0.29) is 12.1 Å². The summed E-state index contributed by atoms with van der Waals surface area (Å²) in [6.45, 7) is 2.47. The standard InChI is InChI=1S/C17H18N2O4S/c1-10-8-11(4-5-13(10)23-3)12-9-24-15-14(12)16(20)19(6-7-22-2)17(21)18-15/h4-5,8-9H,6-7H2,1-3H3,(H,18,21). The molecule has 0 saturated heterocycles. The van der Waals surface area contributed by atoms with Gasteiger partial charge in [-0.3, -0.25) is 14.3 Å². The molecule has 24 heavy (non-hydrogen) atoms. The maximum Gasteiger partial charge on any atom is 0.329 e. The number of nitrogens with zero attached hydrogens (tertiary/aromatic N) is 1. The van der Waals surface area contributed by atoms with Gasteiger partial charge in [0.05, 0.1) is 25.6 Å². The Morgan fingerprint density at radius 2 is 2.04 bits per heavy atom. The van der Waals surface area contributed by atoms with Crippen molar-refractivity contribution in [1.82, 2.24) is 9.55 Å². The molecule has 1 aromatic carbocycles. The summed E-state index contributed by atoms with van der Waals surface area (Å²) in [4.78, 5) is 28.2. The molecule has 3 rings (SSSR count). The molecule has 126 valence electrons. The van der Waals surface area contributed by atoms with Crippen LogP contribution in [0.5, 0.6) is 5.75 Å². The molecule has 0 radical (unpaired) electrons. The normalized spacial score (nSPS) is 11.1. The molecule has 0 spiro atoms. The van der Waals surface area contributed by atoms with Crippen LogP contribution in [0.25, 0.3) is 21.3 Å². The molecule has 0 saturated carbocycles. The van der Waals surface area contributed by atoms with Crippen LogP contribution in [-0.4, -0.2) is 30.4 Å². The maximum absolute atomic E-state index is 12.8. The van der Waals surface area contributed by atoms with E-state index in [1.165, 1.54) is 23.0 Å². The zero-order valence-corrected chi connectivity index (χ0v) is 14.5. The summed E-state index contributed by atoms with van der Waals surface area (Å²) < 4.78 is 11.4. The topological polar surface area (TPSA) is 73.3 Å².